The molecular formula is C8H8BrNO4. The van der Waals surface area contributed by atoms with E-state index in [-0.39, 0.29) is 11.5 Å². The number of anilines is 1. The van der Waals surface area contributed by atoms with E-state index < -0.39 is 14.8 Å². The van der Waals surface area contributed by atoms with Gasteiger partial charge in [0, 0.05) is 18.3 Å². The van der Waals surface area contributed by atoms with Gasteiger partial charge in [0.2, 0.25) is 0 Å². The molecule has 2 N–H and O–H groups in total. The van der Waals surface area contributed by atoms with Gasteiger partial charge in [-0.1, -0.05) is 0 Å². The van der Waals surface area contributed by atoms with E-state index in [1.165, 1.54) is 12.1 Å². The molecule has 0 fully saturated rings. The molecule has 1 aromatic rings. The Balaban J connectivity index is 2.32. The van der Waals surface area contributed by atoms with Crippen LogP contribution in [0.25, 0.3) is 0 Å². The van der Waals surface area contributed by atoms with Crippen molar-refractivity contribution in [2.45, 2.75) is 6.42 Å². The number of phenols is 1. The molecule has 2 rings (SSSR count). The Hall–Kier alpha value is -0.980. The number of phenolic OH excluding ortho intramolecular Hbond substituents is 1. The minimum absolute atomic E-state index is 0.0156. The lowest BCUT2D eigenvalue weighted by atomic mass is 10.1. The van der Waals surface area contributed by atoms with Crippen molar-refractivity contribution >= 4 is 5.69 Å². The van der Waals surface area contributed by atoms with Crippen LogP contribution >= 0.6 is 0 Å². The Bertz CT molecular complexity index is 355. The molecular weight excluding hydrogens is 254 g/mol. The molecule has 76 valence electrons. The lowest BCUT2D eigenvalue weighted by molar-refractivity contribution is -1.62. The van der Waals surface area contributed by atoms with Crippen LogP contribution in [0.15, 0.2) is 12.1 Å². The fourth-order valence-corrected chi connectivity index (χ4v) is 1.99. The van der Waals surface area contributed by atoms with Crippen molar-refractivity contribution in [3.8, 4) is 11.5 Å². The van der Waals surface area contributed by atoms with Crippen LogP contribution < -0.4 is 17.5 Å². The number of nitrogens with one attached hydrogen (secondary N) is 1. The Morgan fingerprint density at radius 2 is 2.21 bits per heavy atom. The van der Waals surface area contributed by atoms with Gasteiger partial charge in [0.05, 0.1) is 0 Å². The van der Waals surface area contributed by atoms with Gasteiger partial charge in [0.25, 0.3) is 5.75 Å². The first-order chi connectivity index (χ1) is 6.66. The van der Waals surface area contributed by atoms with E-state index in [1.54, 1.807) is 0 Å². The average Bonchev–Trinajstić information content (AvgIpc) is 2.51. The molecule has 1 heterocycles. The Morgan fingerprint density at radius 3 is 2.93 bits per heavy atom. The lowest BCUT2D eigenvalue weighted by Gasteiger charge is -2.02. The van der Waals surface area contributed by atoms with Gasteiger partial charge in [0.1, 0.15) is 0 Å². The number of halogens is 1. The predicted octanol–water partition coefficient (Wildman–Crippen LogP) is -1.17. The van der Waals surface area contributed by atoms with Gasteiger partial charge in [-0.05, 0) is 18.1 Å². The van der Waals surface area contributed by atoms with Crippen LogP contribution in [0, 0.1) is 14.8 Å². The fraction of sp³-hybridized carbons (Fsp3) is 0.250. The highest BCUT2D eigenvalue weighted by Crippen LogP contribution is 2.35. The summed E-state index contributed by atoms with van der Waals surface area (Å²) in [5, 5.41) is 12.5. The Kier molecular flexibility index (Phi) is 2.49. The van der Waals surface area contributed by atoms with Crippen molar-refractivity contribution in [2.75, 3.05) is 11.9 Å². The van der Waals surface area contributed by atoms with E-state index in [0.717, 1.165) is 24.2 Å². The average molecular weight is 262 g/mol. The molecule has 0 radical (unpaired) electrons. The Morgan fingerprint density at radius 1 is 1.43 bits per heavy atom. The Labute approximate surface area is 85.8 Å². The highest BCUT2D eigenvalue weighted by Gasteiger charge is 2.21. The summed E-state index contributed by atoms with van der Waals surface area (Å²) in [5.41, 5.74) is 1.79. The molecule has 6 heteroatoms. The molecule has 1 aliphatic heterocycles. The topological polar surface area (TPSA) is 87.6 Å². The number of benzene rings is 1. The maximum atomic E-state index is 10.3. The summed E-state index contributed by atoms with van der Waals surface area (Å²) in [7, 11) is 0. The third-order valence-corrected chi connectivity index (χ3v) is 2.65. The van der Waals surface area contributed by atoms with E-state index in [2.05, 4.69) is 9.15 Å². The molecule has 0 unspecified atom stereocenters. The van der Waals surface area contributed by atoms with Crippen LogP contribution in [0.3, 0.4) is 0 Å². The second-order valence-electron chi connectivity index (χ2n) is 2.92. The summed E-state index contributed by atoms with van der Waals surface area (Å²) in [4.78, 5) is 0. The van der Waals surface area contributed by atoms with E-state index >= 15 is 0 Å². The zero-order chi connectivity index (χ0) is 10.1. The molecule has 0 saturated heterocycles. The van der Waals surface area contributed by atoms with Crippen molar-refractivity contribution in [2.24, 2.45) is 0 Å². The lowest BCUT2D eigenvalue weighted by Crippen LogP contribution is -2.36. The standard InChI is InChI=1S/C8H8BrNO4/c11-7-3-5-1-2-10-6(5)4-8(7)14-9(12)13/h3-4,10-11H,1-2H2. The van der Waals surface area contributed by atoms with E-state index in [4.69, 9.17) is 0 Å². The number of hydrogen-bond donors (Lipinski definition) is 2. The summed E-state index contributed by atoms with van der Waals surface area (Å²) in [6, 6.07) is 3.02. The molecule has 0 aromatic heterocycles. The summed E-state index contributed by atoms with van der Waals surface area (Å²) in [5.74, 6) is -0.152. The number of fused-ring (bicyclic) bond motifs is 1. The van der Waals surface area contributed by atoms with Gasteiger partial charge in [0.15, 0.2) is 5.75 Å². The molecule has 0 spiro atoms. The first kappa shape index (κ1) is 9.57. The highest BCUT2D eigenvalue weighted by atomic mass is 80.0. The van der Waals surface area contributed by atoms with Crippen LogP contribution in [0.5, 0.6) is 11.5 Å². The monoisotopic (exact) mass is 261 g/mol. The molecule has 1 aromatic carbocycles. The molecule has 1 aliphatic rings. The highest BCUT2D eigenvalue weighted by molar-refractivity contribution is 5.62. The molecule has 14 heavy (non-hydrogen) atoms. The normalized spacial score (nSPS) is 13.9. The summed E-state index contributed by atoms with van der Waals surface area (Å²) in [6.45, 7) is 0.797. The van der Waals surface area contributed by atoms with Gasteiger partial charge < -0.3 is 18.8 Å². The van der Waals surface area contributed by atoms with Crippen molar-refractivity contribution < 1.29 is 32.1 Å². The maximum Gasteiger partial charge on any atom is 0.501 e. The van der Waals surface area contributed by atoms with Crippen LogP contribution in [-0.4, -0.2) is 11.7 Å². The molecule has 0 aliphatic carbocycles. The van der Waals surface area contributed by atoms with Gasteiger partial charge in [-0.15, -0.1) is 3.83 Å². The zero-order valence-electron chi connectivity index (χ0n) is 7.12. The largest absolute Gasteiger partial charge is 0.504 e. The van der Waals surface area contributed by atoms with Crippen LogP contribution in [0.4, 0.5) is 5.69 Å². The predicted molar refractivity (Wildman–Crippen MR) is 40.9 cm³/mol. The minimum Gasteiger partial charge on any atom is -0.504 e. The second-order valence-corrected chi connectivity index (χ2v) is 4.04. The minimum atomic E-state index is -3.33. The van der Waals surface area contributed by atoms with Crippen molar-refractivity contribution in [3.05, 3.63) is 17.7 Å². The molecule has 0 amide bonds. The van der Waals surface area contributed by atoms with Crippen molar-refractivity contribution in [1.82, 2.24) is 0 Å². The van der Waals surface area contributed by atoms with Crippen LogP contribution in [-0.2, 0) is 6.42 Å². The van der Waals surface area contributed by atoms with Gasteiger partial charge in [-0.2, -0.15) is 0 Å². The summed E-state index contributed by atoms with van der Waals surface area (Å²) in [6.07, 6.45) is 0.829. The third-order valence-electron chi connectivity index (χ3n) is 2.04. The van der Waals surface area contributed by atoms with E-state index in [0.29, 0.717) is 0 Å². The maximum absolute atomic E-state index is 10.3. The van der Waals surface area contributed by atoms with E-state index in [9.17, 15) is 13.5 Å². The number of hydrogen-bond acceptors (Lipinski definition) is 5. The molecule has 0 bridgehead atoms. The smallest absolute Gasteiger partial charge is 0.501 e. The molecule has 0 saturated carbocycles. The summed E-state index contributed by atoms with van der Waals surface area (Å²) >= 11 is -3.33. The SMILES string of the molecule is [O-][Br+2]([O-])Oc1cc2c(cc1O)CCN2. The number of rotatable bonds is 2. The van der Waals surface area contributed by atoms with Gasteiger partial charge in [-0.3, -0.25) is 0 Å². The fourth-order valence-electron chi connectivity index (χ4n) is 1.44. The third kappa shape index (κ3) is 1.77. The quantitative estimate of drug-likeness (QED) is 0.655. The number of aromatic hydroxyl groups is 1. The van der Waals surface area contributed by atoms with Gasteiger partial charge in [-0.25, -0.2) is 0 Å². The zero-order valence-corrected chi connectivity index (χ0v) is 8.70. The van der Waals surface area contributed by atoms with Crippen LogP contribution in [0.2, 0.25) is 0 Å². The first-order valence-electron chi connectivity index (χ1n) is 4.00. The molecule has 0 atom stereocenters. The van der Waals surface area contributed by atoms with Crippen molar-refractivity contribution in [3.63, 3.8) is 0 Å². The van der Waals surface area contributed by atoms with Crippen LogP contribution in [0.1, 0.15) is 5.56 Å². The van der Waals surface area contributed by atoms with E-state index in [1.807, 2.05) is 0 Å². The van der Waals surface area contributed by atoms with Crippen molar-refractivity contribution in [1.29, 1.82) is 0 Å². The molecule has 5 nitrogen and oxygen atoms in total. The first-order valence-corrected chi connectivity index (χ1v) is 5.94. The second kappa shape index (κ2) is 3.64. The van der Waals surface area contributed by atoms with Gasteiger partial charge >= 0.3 is 14.8 Å². The summed E-state index contributed by atoms with van der Waals surface area (Å²) < 4.78 is 25.2.